The molecule has 2 aromatic rings. The number of pyridine rings is 1. The molecule has 2 aromatic heterocycles. The maximum absolute atomic E-state index is 12.0. The number of aryl methyl sites for hydroxylation is 2. The van der Waals surface area contributed by atoms with Gasteiger partial charge in [0.2, 0.25) is 0 Å². The van der Waals surface area contributed by atoms with Crippen LogP contribution in [0.5, 0.6) is 0 Å². The van der Waals surface area contributed by atoms with Crippen LogP contribution in [0.3, 0.4) is 0 Å². The minimum atomic E-state index is -0.0761. The number of furan rings is 1. The molecule has 0 saturated heterocycles. The van der Waals surface area contributed by atoms with E-state index < -0.39 is 0 Å². The van der Waals surface area contributed by atoms with E-state index >= 15 is 0 Å². The second kappa shape index (κ2) is 5.49. The molecule has 0 bridgehead atoms. The maximum atomic E-state index is 12.0. The summed E-state index contributed by atoms with van der Waals surface area (Å²) in [5.41, 5.74) is 2.67. The van der Waals surface area contributed by atoms with Crippen molar-refractivity contribution in [2.75, 3.05) is 6.54 Å². The van der Waals surface area contributed by atoms with Gasteiger partial charge in [-0.3, -0.25) is 9.78 Å². The number of rotatable bonds is 4. The summed E-state index contributed by atoms with van der Waals surface area (Å²) < 4.78 is 5.21. The van der Waals surface area contributed by atoms with Crippen molar-refractivity contribution in [3.63, 3.8) is 0 Å². The Morgan fingerprint density at radius 3 is 2.67 bits per heavy atom. The molecule has 0 aliphatic heterocycles. The molecular formula is C14H16N2O2. The molecule has 2 heterocycles. The van der Waals surface area contributed by atoms with E-state index in [1.165, 1.54) is 0 Å². The van der Waals surface area contributed by atoms with Crippen LogP contribution >= 0.6 is 0 Å². The number of nitrogens with zero attached hydrogens (tertiary/aromatic N) is 1. The quantitative estimate of drug-likeness (QED) is 0.897. The number of carbonyl (C=O) groups excluding carboxylic acids is 1. The second-order valence-electron chi connectivity index (χ2n) is 4.21. The van der Waals surface area contributed by atoms with Crippen LogP contribution in [0.15, 0.2) is 35.2 Å². The molecule has 2 rings (SSSR count). The van der Waals surface area contributed by atoms with Crippen molar-refractivity contribution >= 4 is 5.91 Å². The van der Waals surface area contributed by atoms with Gasteiger partial charge < -0.3 is 9.73 Å². The molecule has 0 atom stereocenters. The zero-order valence-corrected chi connectivity index (χ0v) is 10.6. The van der Waals surface area contributed by atoms with Crippen LogP contribution in [0.25, 0.3) is 0 Å². The molecule has 0 aliphatic rings. The topological polar surface area (TPSA) is 55.1 Å². The first-order chi connectivity index (χ1) is 8.68. The molecule has 0 unspecified atom stereocenters. The monoisotopic (exact) mass is 244 g/mol. The summed E-state index contributed by atoms with van der Waals surface area (Å²) >= 11 is 0. The summed E-state index contributed by atoms with van der Waals surface area (Å²) in [6.07, 6.45) is 5.90. The van der Waals surface area contributed by atoms with Crippen molar-refractivity contribution in [2.24, 2.45) is 0 Å². The zero-order chi connectivity index (χ0) is 13.0. The Labute approximate surface area is 106 Å². The van der Waals surface area contributed by atoms with Crippen LogP contribution in [0.1, 0.15) is 27.2 Å². The molecule has 94 valence electrons. The zero-order valence-electron chi connectivity index (χ0n) is 10.6. The summed E-state index contributed by atoms with van der Waals surface area (Å²) in [5, 5.41) is 2.90. The first-order valence-corrected chi connectivity index (χ1v) is 5.90. The third-order valence-electron chi connectivity index (χ3n) is 2.83. The molecule has 0 fully saturated rings. The highest BCUT2D eigenvalue weighted by Gasteiger charge is 2.14. The fraction of sp³-hybridized carbons (Fsp3) is 0.286. The van der Waals surface area contributed by atoms with Crippen molar-refractivity contribution in [3.8, 4) is 0 Å². The molecule has 18 heavy (non-hydrogen) atoms. The number of hydrogen-bond acceptors (Lipinski definition) is 3. The number of nitrogens with one attached hydrogen (secondary N) is 1. The minimum absolute atomic E-state index is 0.0761. The Bertz CT molecular complexity index is 512. The van der Waals surface area contributed by atoms with E-state index in [1.807, 2.05) is 19.1 Å². The first-order valence-electron chi connectivity index (χ1n) is 5.90. The fourth-order valence-electron chi connectivity index (χ4n) is 1.87. The van der Waals surface area contributed by atoms with E-state index in [4.69, 9.17) is 4.42 Å². The van der Waals surface area contributed by atoms with Gasteiger partial charge in [0, 0.05) is 24.5 Å². The van der Waals surface area contributed by atoms with E-state index in [0.717, 1.165) is 17.5 Å². The Morgan fingerprint density at radius 1 is 1.33 bits per heavy atom. The van der Waals surface area contributed by atoms with Gasteiger partial charge in [-0.15, -0.1) is 0 Å². The molecule has 0 spiro atoms. The molecule has 0 radical (unpaired) electrons. The highest BCUT2D eigenvalue weighted by Crippen LogP contribution is 2.14. The summed E-state index contributed by atoms with van der Waals surface area (Å²) in [4.78, 5) is 15.9. The highest BCUT2D eigenvalue weighted by molar-refractivity contribution is 5.96. The largest absolute Gasteiger partial charge is 0.469 e. The average Bonchev–Trinajstić information content (AvgIpc) is 2.70. The van der Waals surface area contributed by atoms with Gasteiger partial charge in [-0.1, -0.05) is 0 Å². The summed E-state index contributed by atoms with van der Waals surface area (Å²) in [6.45, 7) is 4.27. The Morgan fingerprint density at radius 2 is 2.06 bits per heavy atom. The lowest BCUT2D eigenvalue weighted by Crippen LogP contribution is -2.26. The third kappa shape index (κ3) is 2.77. The Hall–Kier alpha value is -2.10. The number of aromatic nitrogens is 1. The van der Waals surface area contributed by atoms with Crippen LogP contribution in [-0.4, -0.2) is 17.4 Å². The van der Waals surface area contributed by atoms with Crippen molar-refractivity contribution < 1.29 is 9.21 Å². The fourth-order valence-corrected chi connectivity index (χ4v) is 1.87. The predicted molar refractivity (Wildman–Crippen MR) is 68.5 cm³/mol. The van der Waals surface area contributed by atoms with Gasteiger partial charge >= 0.3 is 0 Å². The third-order valence-corrected chi connectivity index (χ3v) is 2.83. The second-order valence-corrected chi connectivity index (χ2v) is 4.21. The van der Waals surface area contributed by atoms with Gasteiger partial charge in [0.15, 0.2) is 0 Å². The van der Waals surface area contributed by atoms with E-state index in [1.54, 1.807) is 25.6 Å². The standard InChI is InChI=1S/C14H16N2O2/c1-10-9-18-11(2)13(10)14(17)16-8-5-12-3-6-15-7-4-12/h3-4,6-7,9H,5,8H2,1-2H3,(H,16,17). The number of carbonyl (C=O) groups is 1. The lowest BCUT2D eigenvalue weighted by molar-refractivity contribution is 0.0952. The lowest BCUT2D eigenvalue weighted by Gasteiger charge is -2.05. The van der Waals surface area contributed by atoms with Gasteiger partial charge in [0.25, 0.3) is 5.91 Å². The molecule has 0 saturated carbocycles. The maximum Gasteiger partial charge on any atom is 0.255 e. The molecule has 4 nitrogen and oxygen atoms in total. The van der Waals surface area contributed by atoms with Crippen molar-refractivity contribution in [1.29, 1.82) is 0 Å². The minimum Gasteiger partial charge on any atom is -0.469 e. The van der Waals surface area contributed by atoms with E-state index in [2.05, 4.69) is 10.3 Å². The van der Waals surface area contributed by atoms with Crippen LogP contribution < -0.4 is 5.32 Å². The summed E-state index contributed by atoms with van der Waals surface area (Å²) in [6, 6.07) is 3.89. The van der Waals surface area contributed by atoms with Gasteiger partial charge in [-0.2, -0.15) is 0 Å². The van der Waals surface area contributed by atoms with Crippen LogP contribution in [0, 0.1) is 13.8 Å². The summed E-state index contributed by atoms with van der Waals surface area (Å²) in [7, 11) is 0. The van der Waals surface area contributed by atoms with Crippen molar-refractivity contribution in [2.45, 2.75) is 20.3 Å². The van der Waals surface area contributed by atoms with Crippen LogP contribution in [0.2, 0.25) is 0 Å². The highest BCUT2D eigenvalue weighted by atomic mass is 16.3. The number of amides is 1. The van der Waals surface area contributed by atoms with Crippen molar-refractivity contribution in [3.05, 3.63) is 53.2 Å². The van der Waals surface area contributed by atoms with E-state index in [-0.39, 0.29) is 5.91 Å². The normalized spacial score (nSPS) is 10.3. The van der Waals surface area contributed by atoms with Gasteiger partial charge in [-0.25, -0.2) is 0 Å². The number of hydrogen-bond donors (Lipinski definition) is 1. The van der Waals surface area contributed by atoms with Gasteiger partial charge in [-0.05, 0) is 38.0 Å². The molecule has 4 heteroatoms. The lowest BCUT2D eigenvalue weighted by atomic mass is 10.1. The first kappa shape index (κ1) is 12.4. The average molecular weight is 244 g/mol. The SMILES string of the molecule is Cc1coc(C)c1C(=O)NCCc1ccncc1. The van der Waals surface area contributed by atoms with Gasteiger partial charge in [0.1, 0.15) is 5.76 Å². The molecule has 1 N–H and O–H groups in total. The predicted octanol–water partition coefficient (Wildman–Crippen LogP) is 2.26. The Kier molecular flexibility index (Phi) is 3.77. The van der Waals surface area contributed by atoms with E-state index in [0.29, 0.717) is 17.9 Å². The van der Waals surface area contributed by atoms with Crippen molar-refractivity contribution in [1.82, 2.24) is 10.3 Å². The van der Waals surface area contributed by atoms with E-state index in [9.17, 15) is 4.79 Å². The summed E-state index contributed by atoms with van der Waals surface area (Å²) in [5.74, 6) is 0.585. The molecule has 1 amide bonds. The van der Waals surface area contributed by atoms with Gasteiger partial charge in [0.05, 0.1) is 11.8 Å². The smallest absolute Gasteiger partial charge is 0.255 e. The van der Waals surface area contributed by atoms with Crippen LogP contribution in [0.4, 0.5) is 0 Å². The molecule has 0 aromatic carbocycles. The Balaban J connectivity index is 1.90. The van der Waals surface area contributed by atoms with Crippen LogP contribution in [-0.2, 0) is 6.42 Å². The molecular weight excluding hydrogens is 228 g/mol. The molecule has 0 aliphatic carbocycles.